The molecule has 4 rings (SSSR count). The molecule has 1 unspecified atom stereocenters. The summed E-state index contributed by atoms with van der Waals surface area (Å²) in [6.07, 6.45) is 1.37. The summed E-state index contributed by atoms with van der Waals surface area (Å²) in [6, 6.07) is 12.5. The van der Waals surface area contributed by atoms with Crippen LogP contribution in [0, 0.1) is 0 Å². The molecule has 27 heavy (non-hydrogen) atoms. The molecule has 0 fully saturated rings. The topological polar surface area (TPSA) is 79.8 Å². The number of halogens is 1. The second-order valence-corrected chi connectivity index (χ2v) is 6.93. The monoisotopic (exact) mass is 380 g/mol. The molecule has 0 aliphatic carbocycles. The highest BCUT2D eigenvalue weighted by Crippen LogP contribution is 2.23. The van der Waals surface area contributed by atoms with Crippen molar-refractivity contribution in [2.75, 3.05) is 0 Å². The zero-order valence-electron chi connectivity index (χ0n) is 14.8. The average molecular weight is 381 g/mol. The zero-order chi connectivity index (χ0) is 19.1. The summed E-state index contributed by atoms with van der Waals surface area (Å²) in [7, 11) is 1.84. The van der Waals surface area contributed by atoms with Crippen molar-refractivity contribution in [1.29, 1.82) is 0 Å². The van der Waals surface area contributed by atoms with E-state index in [4.69, 9.17) is 11.6 Å². The number of aromatic amines is 1. The quantitative estimate of drug-likeness (QED) is 0.570. The lowest BCUT2D eigenvalue weighted by atomic mass is 10.1. The minimum Gasteiger partial charge on any atom is -0.344 e. The van der Waals surface area contributed by atoms with Crippen molar-refractivity contribution >= 4 is 39.3 Å². The molecule has 1 amide bonds. The lowest BCUT2D eigenvalue weighted by Gasteiger charge is -2.15. The number of aromatic nitrogens is 3. The third-order valence-corrected chi connectivity index (χ3v) is 4.99. The summed E-state index contributed by atoms with van der Waals surface area (Å²) >= 11 is 6.06. The molecule has 0 saturated carbocycles. The van der Waals surface area contributed by atoms with E-state index in [1.807, 2.05) is 48.9 Å². The third kappa shape index (κ3) is 3.08. The van der Waals surface area contributed by atoms with E-state index in [0.717, 1.165) is 16.5 Å². The number of nitrogens with zero attached hydrogens (tertiary/aromatic N) is 2. The van der Waals surface area contributed by atoms with Gasteiger partial charge in [0.15, 0.2) is 0 Å². The van der Waals surface area contributed by atoms with Crippen LogP contribution < -0.4 is 10.9 Å². The van der Waals surface area contributed by atoms with Crippen molar-refractivity contribution in [2.24, 2.45) is 7.05 Å². The van der Waals surface area contributed by atoms with E-state index in [2.05, 4.69) is 15.3 Å². The summed E-state index contributed by atoms with van der Waals surface area (Å²) < 4.78 is 1.82. The van der Waals surface area contributed by atoms with Crippen molar-refractivity contribution in [2.45, 2.75) is 13.0 Å². The predicted molar refractivity (Wildman–Crippen MR) is 106 cm³/mol. The maximum Gasteiger partial charge on any atom is 0.268 e. The highest BCUT2D eigenvalue weighted by atomic mass is 35.5. The van der Waals surface area contributed by atoms with Gasteiger partial charge in [0.2, 0.25) is 0 Å². The summed E-state index contributed by atoms with van der Waals surface area (Å²) in [4.78, 5) is 31.3. The van der Waals surface area contributed by atoms with Crippen LogP contribution in [0.3, 0.4) is 0 Å². The molecule has 6 nitrogen and oxygen atoms in total. The molecule has 0 radical (unpaired) electrons. The first kappa shape index (κ1) is 17.3. The molecule has 0 spiro atoms. The Morgan fingerprint density at radius 2 is 2.04 bits per heavy atom. The molecule has 0 bridgehead atoms. The van der Waals surface area contributed by atoms with E-state index in [1.54, 1.807) is 12.1 Å². The van der Waals surface area contributed by atoms with Gasteiger partial charge in [0.25, 0.3) is 11.5 Å². The van der Waals surface area contributed by atoms with Gasteiger partial charge in [0.05, 0.1) is 23.3 Å². The number of fused-ring (bicyclic) bond motifs is 2. The smallest absolute Gasteiger partial charge is 0.268 e. The summed E-state index contributed by atoms with van der Waals surface area (Å²) in [5.41, 5.74) is 2.73. The van der Waals surface area contributed by atoms with Crippen molar-refractivity contribution in [3.63, 3.8) is 0 Å². The van der Waals surface area contributed by atoms with Crippen molar-refractivity contribution in [3.8, 4) is 0 Å². The molecule has 136 valence electrons. The molecule has 2 heterocycles. The Kier molecular flexibility index (Phi) is 4.20. The van der Waals surface area contributed by atoms with E-state index in [9.17, 15) is 9.59 Å². The second kappa shape index (κ2) is 6.55. The van der Waals surface area contributed by atoms with E-state index in [0.29, 0.717) is 21.6 Å². The van der Waals surface area contributed by atoms with Crippen LogP contribution >= 0.6 is 11.6 Å². The van der Waals surface area contributed by atoms with E-state index >= 15 is 0 Å². The Balaban J connectivity index is 1.63. The fourth-order valence-corrected chi connectivity index (χ4v) is 3.40. The van der Waals surface area contributed by atoms with Gasteiger partial charge in [-0.2, -0.15) is 0 Å². The van der Waals surface area contributed by atoms with Gasteiger partial charge in [-0.1, -0.05) is 23.7 Å². The number of nitrogens with one attached hydrogen (secondary N) is 2. The summed E-state index contributed by atoms with van der Waals surface area (Å²) in [6.45, 7) is 1.89. The number of rotatable bonds is 3. The number of hydrogen-bond acceptors (Lipinski definition) is 3. The maximum absolute atomic E-state index is 12.8. The zero-order valence-corrected chi connectivity index (χ0v) is 15.5. The first-order valence-corrected chi connectivity index (χ1v) is 8.85. The first-order valence-electron chi connectivity index (χ1n) is 8.47. The predicted octanol–water partition coefficient (Wildman–Crippen LogP) is 3.56. The van der Waals surface area contributed by atoms with Crippen LogP contribution in [0.5, 0.6) is 0 Å². The van der Waals surface area contributed by atoms with Gasteiger partial charge >= 0.3 is 0 Å². The molecular weight excluding hydrogens is 364 g/mol. The molecule has 1 atom stereocenters. The van der Waals surface area contributed by atoms with Crippen LogP contribution in [-0.2, 0) is 7.05 Å². The normalized spacial score (nSPS) is 12.4. The van der Waals surface area contributed by atoms with Crippen LogP contribution in [0.1, 0.15) is 29.0 Å². The molecule has 0 aliphatic rings. The average Bonchev–Trinajstić information content (AvgIpc) is 2.98. The van der Waals surface area contributed by atoms with Crippen LogP contribution in [0.4, 0.5) is 0 Å². The Bertz CT molecular complexity index is 1240. The Hall–Kier alpha value is -3.12. The van der Waals surface area contributed by atoms with Gasteiger partial charge in [-0.3, -0.25) is 9.59 Å². The SMILES string of the molecule is CC(NC(=O)c1cc2ccc(Cl)cc2n1C)c1ccc2c(=O)[nH]cnc2c1. The van der Waals surface area contributed by atoms with Gasteiger partial charge in [-0.25, -0.2) is 4.98 Å². The van der Waals surface area contributed by atoms with Crippen LogP contribution in [-0.4, -0.2) is 20.4 Å². The van der Waals surface area contributed by atoms with Crippen LogP contribution in [0.25, 0.3) is 21.8 Å². The number of hydrogen-bond donors (Lipinski definition) is 2. The molecule has 4 aromatic rings. The lowest BCUT2D eigenvalue weighted by Crippen LogP contribution is -2.28. The fraction of sp³-hybridized carbons (Fsp3) is 0.150. The van der Waals surface area contributed by atoms with E-state index in [-0.39, 0.29) is 17.5 Å². The Labute approximate surface area is 159 Å². The molecule has 0 saturated heterocycles. The van der Waals surface area contributed by atoms with Crippen molar-refractivity contribution in [1.82, 2.24) is 19.9 Å². The Morgan fingerprint density at radius 1 is 1.22 bits per heavy atom. The molecule has 7 heteroatoms. The number of aryl methyl sites for hydroxylation is 1. The van der Waals surface area contributed by atoms with Gasteiger partial charge in [-0.05, 0) is 42.8 Å². The minimum atomic E-state index is -0.246. The number of benzene rings is 2. The number of amides is 1. The maximum atomic E-state index is 12.8. The minimum absolute atomic E-state index is 0.183. The van der Waals surface area contributed by atoms with Gasteiger partial charge in [0, 0.05) is 23.0 Å². The standard InChI is InChI=1S/C20H17ClN4O2/c1-11(12-4-6-15-16(7-12)22-10-23-19(15)26)24-20(27)18-8-13-3-5-14(21)9-17(13)25(18)2/h3-11H,1-2H3,(H,24,27)(H,22,23,26). The van der Waals surface area contributed by atoms with E-state index < -0.39 is 0 Å². The lowest BCUT2D eigenvalue weighted by molar-refractivity contribution is 0.0932. The number of carbonyl (C=O) groups excluding carboxylic acids is 1. The van der Waals surface area contributed by atoms with Crippen LogP contribution in [0.2, 0.25) is 5.02 Å². The largest absolute Gasteiger partial charge is 0.344 e. The second-order valence-electron chi connectivity index (χ2n) is 6.50. The summed E-state index contributed by atoms with van der Waals surface area (Å²) in [5.74, 6) is -0.184. The van der Waals surface area contributed by atoms with Gasteiger partial charge in [-0.15, -0.1) is 0 Å². The molecule has 2 aromatic heterocycles. The summed E-state index contributed by atoms with van der Waals surface area (Å²) in [5, 5.41) is 5.10. The molecule has 2 aromatic carbocycles. The Morgan fingerprint density at radius 3 is 2.85 bits per heavy atom. The van der Waals surface area contributed by atoms with Crippen molar-refractivity contribution < 1.29 is 4.79 Å². The first-order chi connectivity index (χ1) is 12.9. The van der Waals surface area contributed by atoms with Gasteiger partial charge < -0.3 is 14.9 Å². The van der Waals surface area contributed by atoms with Gasteiger partial charge in [0.1, 0.15) is 5.69 Å². The van der Waals surface area contributed by atoms with Crippen molar-refractivity contribution in [3.05, 3.63) is 75.4 Å². The molecular formula is C20H17ClN4O2. The third-order valence-electron chi connectivity index (χ3n) is 4.75. The molecule has 2 N–H and O–H groups in total. The van der Waals surface area contributed by atoms with Crippen LogP contribution in [0.15, 0.2) is 53.6 Å². The number of carbonyl (C=O) groups is 1. The van der Waals surface area contributed by atoms with E-state index in [1.165, 1.54) is 6.33 Å². The highest BCUT2D eigenvalue weighted by molar-refractivity contribution is 6.31. The fourth-order valence-electron chi connectivity index (χ4n) is 3.23. The number of H-pyrrole nitrogens is 1. The highest BCUT2D eigenvalue weighted by Gasteiger charge is 2.17. The molecule has 0 aliphatic heterocycles.